The number of allylic oxidation sites excluding steroid dienone is 4. The van der Waals surface area contributed by atoms with Crippen LogP contribution in [0.1, 0.15) is 38.2 Å². The minimum Gasteiger partial charge on any atom is -0.290 e. The first-order valence-electron chi connectivity index (χ1n) is 8.22. The summed E-state index contributed by atoms with van der Waals surface area (Å²) in [6.45, 7) is 2.30. The Morgan fingerprint density at radius 3 is 2.55 bits per heavy atom. The molecule has 1 saturated carbocycles. The number of carbonyl (C=O) groups is 1. The predicted octanol–water partition coefficient (Wildman–Crippen LogP) is 4.12. The van der Waals surface area contributed by atoms with Gasteiger partial charge in [0.15, 0.2) is 5.78 Å². The summed E-state index contributed by atoms with van der Waals surface area (Å²) < 4.78 is 0. The third-order valence-corrected chi connectivity index (χ3v) is 5.62. The van der Waals surface area contributed by atoms with E-state index in [1.54, 1.807) is 12.2 Å². The van der Waals surface area contributed by atoms with Crippen molar-refractivity contribution >= 4 is 11.5 Å². The predicted molar refractivity (Wildman–Crippen MR) is 89.1 cm³/mol. The number of fused-ring (bicyclic) bond motifs is 2. The van der Waals surface area contributed by atoms with Crippen LogP contribution in [0.2, 0.25) is 0 Å². The van der Waals surface area contributed by atoms with E-state index >= 15 is 0 Å². The fourth-order valence-electron chi connectivity index (χ4n) is 4.57. The Morgan fingerprint density at radius 1 is 1.09 bits per heavy atom. The molecule has 2 aliphatic carbocycles. The number of rotatable bonds is 1. The second-order valence-electron chi connectivity index (χ2n) is 6.98. The Balaban J connectivity index is 1.90. The summed E-state index contributed by atoms with van der Waals surface area (Å²) in [6, 6.07) is 10.4. The smallest absolute Gasteiger partial charge is 0.178 e. The van der Waals surface area contributed by atoms with Crippen LogP contribution in [-0.2, 0) is 4.79 Å². The molecule has 1 spiro atoms. The maximum Gasteiger partial charge on any atom is 0.178 e. The first-order valence-corrected chi connectivity index (χ1v) is 8.22. The van der Waals surface area contributed by atoms with Crippen molar-refractivity contribution in [2.24, 2.45) is 16.3 Å². The summed E-state index contributed by atoms with van der Waals surface area (Å²) in [5, 5.41) is 0. The molecule has 0 N–H and O–H groups in total. The molecule has 1 aromatic carbocycles. The molecule has 1 aliphatic heterocycles. The van der Waals surface area contributed by atoms with Gasteiger partial charge >= 0.3 is 0 Å². The molecule has 1 fully saturated rings. The molecule has 112 valence electrons. The van der Waals surface area contributed by atoms with Crippen molar-refractivity contribution in [3.8, 4) is 0 Å². The number of hydrogen-bond acceptors (Lipinski definition) is 2. The van der Waals surface area contributed by atoms with Gasteiger partial charge in [-0.05, 0) is 37.5 Å². The van der Waals surface area contributed by atoms with E-state index in [9.17, 15) is 4.79 Å². The fourth-order valence-corrected chi connectivity index (χ4v) is 4.57. The second kappa shape index (κ2) is 4.77. The molecule has 2 nitrogen and oxygen atoms in total. The van der Waals surface area contributed by atoms with Gasteiger partial charge in [-0.2, -0.15) is 0 Å². The minimum atomic E-state index is -0.204. The van der Waals surface area contributed by atoms with Crippen molar-refractivity contribution in [2.45, 2.75) is 38.1 Å². The Hall–Kier alpha value is -1.96. The van der Waals surface area contributed by atoms with E-state index in [2.05, 4.69) is 43.3 Å². The van der Waals surface area contributed by atoms with Crippen LogP contribution in [0.5, 0.6) is 0 Å². The molecular formula is C20H21NO. The van der Waals surface area contributed by atoms with E-state index < -0.39 is 0 Å². The van der Waals surface area contributed by atoms with Gasteiger partial charge in [-0.25, -0.2) is 0 Å². The SMILES string of the molecule is C[C@]12CCCC[C@@H]1C1(C=CC(=O)C=C1)C(c1ccccc1)=N2. The first kappa shape index (κ1) is 13.7. The number of ketones is 1. The van der Waals surface area contributed by atoms with Crippen LogP contribution in [0, 0.1) is 11.3 Å². The topological polar surface area (TPSA) is 29.4 Å². The molecule has 22 heavy (non-hydrogen) atoms. The van der Waals surface area contributed by atoms with Gasteiger partial charge in [-0.3, -0.25) is 9.79 Å². The number of aliphatic imine (C=N–C) groups is 1. The zero-order valence-electron chi connectivity index (χ0n) is 13.0. The Morgan fingerprint density at radius 2 is 1.82 bits per heavy atom. The molecule has 0 unspecified atom stereocenters. The molecule has 0 bridgehead atoms. The molecule has 0 aromatic heterocycles. The Kier molecular flexibility index (Phi) is 2.97. The van der Waals surface area contributed by atoms with Crippen molar-refractivity contribution in [1.29, 1.82) is 0 Å². The molecule has 0 amide bonds. The normalized spacial score (nSPS) is 32.1. The Bertz CT molecular complexity index is 682. The number of carbonyl (C=O) groups excluding carboxylic acids is 1. The van der Waals surface area contributed by atoms with Crippen molar-refractivity contribution < 1.29 is 4.79 Å². The van der Waals surface area contributed by atoms with E-state index in [4.69, 9.17) is 4.99 Å². The monoisotopic (exact) mass is 291 g/mol. The summed E-state index contributed by atoms with van der Waals surface area (Å²) in [4.78, 5) is 16.9. The zero-order chi connectivity index (χ0) is 15.2. The zero-order valence-corrected chi connectivity index (χ0v) is 13.0. The lowest BCUT2D eigenvalue weighted by Crippen LogP contribution is -2.42. The molecule has 1 aromatic rings. The molecule has 3 aliphatic rings. The van der Waals surface area contributed by atoms with Crippen LogP contribution in [0.15, 0.2) is 59.6 Å². The summed E-state index contributed by atoms with van der Waals surface area (Å²) in [5.41, 5.74) is 2.12. The minimum absolute atomic E-state index is 0.00150. The highest BCUT2D eigenvalue weighted by Gasteiger charge is 2.55. The second-order valence-corrected chi connectivity index (χ2v) is 6.98. The van der Waals surface area contributed by atoms with Crippen molar-refractivity contribution in [1.82, 2.24) is 0 Å². The van der Waals surface area contributed by atoms with E-state index in [0.29, 0.717) is 5.92 Å². The molecule has 0 saturated heterocycles. The molecule has 2 heteroatoms. The summed E-state index contributed by atoms with van der Waals surface area (Å²) in [7, 11) is 0. The van der Waals surface area contributed by atoms with Gasteiger partial charge < -0.3 is 0 Å². The highest BCUT2D eigenvalue weighted by atomic mass is 16.1. The maximum atomic E-state index is 11.7. The standard InChI is InChI=1S/C20H21NO/c1-19-12-6-5-9-17(19)20(13-10-16(22)11-14-20)18(21-19)15-7-3-2-4-8-15/h2-4,7-8,10-11,13-14,17H,5-6,9,12H2,1H3/t17-,19-/m0/s1. The molecule has 1 heterocycles. The number of benzene rings is 1. The van der Waals surface area contributed by atoms with Crippen molar-refractivity contribution in [3.63, 3.8) is 0 Å². The van der Waals surface area contributed by atoms with Gasteiger partial charge in [-0.15, -0.1) is 0 Å². The van der Waals surface area contributed by atoms with Crippen LogP contribution >= 0.6 is 0 Å². The van der Waals surface area contributed by atoms with E-state index in [1.807, 2.05) is 6.07 Å². The molecular weight excluding hydrogens is 270 g/mol. The van der Waals surface area contributed by atoms with Crippen LogP contribution in [-0.4, -0.2) is 17.0 Å². The third kappa shape index (κ3) is 1.86. The number of hydrogen-bond donors (Lipinski definition) is 0. The summed E-state index contributed by atoms with van der Waals surface area (Å²) in [5.74, 6) is 0.548. The highest BCUT2D eigenvalue weighted by Crippen LogP contribution is 2.55. The Labute approximate surface area is 131 Å². The van der Waals surface area contributed by atoms with Crippen LogP contribution in [0.3, 0.4) is 0 Å². The lowest BCUT2D eigenvalue weighted by atomic mass is 9.60. The van der Waals surface area contributed by atoms with Crippen LogP contribution in [0.25, 0.3) is 0 Å². The van der Waals surface area contributed by atoms with Crippen LogP contribution < -0.4 is 0 Å². The molecule has 4 rings (SSSR count). The van der Waals surface area contributed by atoms with Gasteiger partial charge in [0.05, 0.1) is 16.7 Å². The van der Waals surface area contributed by atoms with Crippen LogP contribution in [0.4, 0.5) is 0 Å². The highest BCUT2D eigenvalue weighted by molar-refractivity contribution is 6.12. The maximum absolute atomic E-state index is 11.7. The average molecular weight is 291 g/mol. The average Bonchev–Trinajstić information content (AvgIpc) is 2.81. The molecule has 2 atom stereocenters. The third-order valence-electron chi connectivity index (χ3n) is 5.62. The first-order chi connectivity index (χ1) is 10.6. The van der Waals surface area contributed by atoms with E-state index in [-0.39, 0.29) is 16.7 Å². The van der Waals surface area contributed by atoms with Gasteiger partial charge in [-0.1, -0.05) is 55.3 Å². The van der Waals surface area contributed by atoms with E-state index in [1.165, 1.54) is 24.8 Å². The van der Waals surface area contributed by atoms with Crippen molar-refractivity contribution in [3.05, 3.63) is 60.2 Å². The lowest BCUT2D eigenvalue weighted by molar-refractivity contribution is -0.110. The van der Waals surface area contributed by atoms with E-state index in [0.717, 1.165) is 12.1 Å². The van der Waals surface area contributed by atoms with Gasteiger partial charge in [0, 0.05) is 5.92 Å². The largest absolute Gasteiger partial charge is 0.290 e. The number of nitrogens with zero attached hydrogens (tertiary/aromatic N) is 1. The molecule has 0 radical (unpaired) electrons. The summed E-state index contributed by atoms with van der Waals surface area (Å²) in [6.07, 6.45) is 12.5. The van der Waals surface area contributed by atoms with Gasteiger partial charge in [0.1, 0.15) is 0 Å². The summed E-state index contributed by atoms with van der Waals surface area (Å²) >= 11 is 0. The fraction of sp³-hybridized carbons (Fsp3) is 0.400. The lowest BCUT2D eigenvalue weighted by Gasteiger charge is -2.42. The van der Waals surface area contributed by atoms with Gasteiger partial charge in [0.25, 0.3) is 0 Å². The van der Waals surface area contributed by atoms with Crippen molar-refractivity contribution in [2.75, 3.05) is 0 Å². The quantitative estimate of drug-likeness (QED) is 0.765. The van der Waals surface area contributed by atoms with Gasteiger partial charge in [0.2, 0.25) is 0 Å².